The Kier molecular flexibility index (Phi) is 3.08. The van der Waals surface area contributed by atoms with E-state index < -0.39 is 10.0 Å². The van der Waals surface area contributed by atoms with E-state index in [0.717, 1.165) is 16.6 Å². The van der Waals surface area contributed by atoms with Gasteiger partial charge in [0, 0.05) is 17.3 Å². The van der Waals surface area contributed by atoms with E-state index >= 15 is 0 Å². The first-order chi connectivity index (χ1) is 9.62. The van der Waals surface area contributed by atoms with Crippen LogP contribution in [-0.4, -0.2) is 20.0 Å². The Morgan fingerprint density at radius 2 is 2.05 bits per heavy atom. The first-order valence-corrected chi connectivity index (χ1v) is 7.61. The number of hydrogen-bond acceptors (Lipinski definition) is 2. The van der Waals surface area contributed by atoms with Gasteiger partial charge in [0.1, 0.15) is 0 Å². The van der Waals surface area contributed by atoms with Crippen LogP contribution in [0, 0.1) is 6.07 Å². The highest BCUT2D eigenvalue weighted by Gasteiger charge is 2.12. The second kappa shape index (κ2) is 4.77. The van der Waals surface area contributed by atoms with Gasteiger partial charge >= 0.3 is 0 Å². The van der Waals surface area contributed by atoms with E-state index in [1.54, 1.807) is 18.2 Å². The molecule has 0 atom stereocenters. The minimum atomic E-state index is -3.43. The van der Waals surface area contributed by atoms with Gasteiger partial charge in [-0.2, -0.15) is 0 Å². The van der Waals surface area contributed by atoms with Crippen LogP contribution in [0.3, 0.4) is 0 Å². The maximum Gasteiger partial charge on any atom is 0.240 e. The fourth-order valence-corrected chi connectivity index (χ4v) is 2.94. The summed E-state index contributed by atoms with van der Waals surface area (Å²) in [6.07, 6.45) is 1.92. The molecule has 1 N–H and O–H groups in total. The van der Waals surface area contributed by atoms with E-state index in [0.29, 0.717) is 0 Å². The molecule has 5 heteroatoms. The molecule has 2 aromatic carbocycles. The predicted molar refractivity (Wildman–Crippen MR) is 78.4 cm³/mol. The summed E-state index contributed by atoms with van der Waals surface area (Å²) in [5.41, 5.74) is 1.82. The molecule has 0 aliphatic carbocycles. The predicted octanol–water partition coefficient (Wildman–Crippen LogP) is 2.34. The smallest absolute Gasteiger partial charge is 0.240 e. The summed E-state index contributed by atoms with van der Waals surface area (Å²) in [6, 6.07) is 17.5. The molecule has 0 saturated heterocycles. The number of fused-ring (bicyclic) bond motifs is 1. The molecule has 0 amide bonds. The van der Waals surface area contributed by atoms with Crippen LogP contribution in [-0.2, 0) is 10.0 Å². The Balaban J connectivity index is 2.18. The molecule has 3 aromatic rings. The second-order valence-corrected chi connectivity index (χ2v) is 6.26. The second-order valence-electron chi connectivity index (χ2n) is 4.38. The molecular formula is C15H13N2O2S. The molecule has 0 spiro atoms. The topological polar surface area (TPSA) is 51.1 Å². The number of aromatic nitrogens is 1. The number of nitrogens with one attached hydrogen (secondary N) is 1. The lowest BCUT2D eigenvalue weighted by Crippen LogP contribution is -2.18. The lowest BCUT2D eigenvalue weighted by atomic mass is 10.2. The summed E-state index contributed by atoms with van der Waals surface area (Å²) in [5.74, 6) is 0. The van der Waals surface area contributed by atoms with Crippen molar-refractivity contribution in [1.29, 1.82) is 0 Å². The maximum absolute atomic E-state index is 11.9. The van der Waals surface area contributed by atoms with Gasteiger partial charge < -0.3 is 4.57 Å². The molecule has 20 heavy (non-hydrogen) atoms. The highest BCUT2D eigenvalue weighted by molar-refractivity contribution is 7.89. The summed E-state index contributed by atoms with van der Waals surface area (Å²) in [7, 11) is -2.03. The van der Waals surface area contributed by atoms with Crippen molar-refractivity contribution in [3.05, 3.63) is 60.8 Å². The minimum Gasteiger partial charge on any atom is -0.317 e. The summed E-state index contributed by atoms with van der Waals surface area (Å²) < 4.78 is 28.0. The van der Waals surface area contributed by atoms with Crippen molar-refractivity contribution in [2.45, 2.75) is 4.90 Å². The minimum absolute atomic E-state index is 0.252. The summed E-state index contributed by atoms with van der Waals surface area (Å²) in [4.78, 5) is 0.252. The summed E-state index contributed by atoms with van der Waals surface area (Å²) >= 11 is 0. The quantitative estimate of drug-likeness (QED) is 0.803. The van der Waals surface area contributed by atoms with Crippen LogP contribution in [0.25, 0.3) is 16.6 Å². The van der Waals surface area contributed by atoms with Gasteiger partial charge in [-0.15, -0.1) is 0 Å². The van der Waals surface area contributed by atoms with Crippen molar-refractivity contribution in [2.24, 2.45) is 0 Å². The lowest BCUT2D eigenvalue weighted by Gasteiger charge is -2.08. The lowest BCUT2D eigenvalue weighted by molar-refractivity contribution is 0.588. The highest BCUT2D eigenvalue weighted by Crippen LogP contribution is 2.21. The largest absolute Gasteiger partial charge is 0.317 e. The fraction of sp³-hybridized carbons (Fsp3) is 0.0667. The highest BCUT2D eigenvalue weighted by atomic mass is 32.2. The third kappa shape index (κ3) is 2.11. The molecule has 0 aliphatic rings. The molecule has 0 bridgehead atoms. The molecule has 4 nitrogen and oxygen atoms in total. The van der Waals surface area contributed by atoms with Gasteiger partial charge in [0.05, 0.1) is 10.4 Å². The van der Waals surface area contributed by atoms with E-state index in [-0.39, 0.29) is 4.90 Å². The molecule has 0 aliphatic heterocycles. The van der Waals surface area contributed by atoms with E-state index in [4.69, 9.17) is 0 Å². The van der Waals surface area contributed by atoms with Crippen LogP contribution in [0.1, 0.15) is 0 Å². The van der Waals surface area contributed by atoms with Crippen LogP contribution in [0.4, 0.5) is 0 Å². The Morgan fingerprint density at radius 1 is 1.20 bits per heavy atom. The Hall–Kier alpha value is -2.11. The summed E-state index contributed by atoms with van der Waals surface area (Å²) in [5, 5.41) is 1.06. The molecule has 1 aromatic heterocycles. The van der Waals surface area contributed by atoms with Crippen LogP contribution >= 0.6 is 0 Å². The first kappa shape index (κ1) is 12.9. The third-order valence-corrected chi connectivity index (χ3v) is 4.62. The Morgan fingerprint density at radius 3 is 2.85 bits per heavy atom. The third-order valence-electron chi connectivity index (χ3n) is 3.21. The van der Waals surface area contributed by atoms with Gasteiger partial charge in [-0.05, 0) is 49.5 Å². The van der Waals surface area contributed by atoms with Crippen molar-refractivity contribution in [3.8, 4) is 5.69 Å². The van der Waals surface area contributed by atoms with Gasteiger partial charge in [0.15, 0.2) is 0 Å². The van der Waals surface area contributed by atoms with Gasteiger partial charge in [0.2, 0.25) is 10.0 Å². The van der Waals surface area contributed by atoms with E-state index in [1.165, 1.54) is 7.05 Å². The van der Waals surface area contributed by atoms with Gasteiger partial charge in [0.25, 0.3) is 0 Å². The van der Waals surface area contributed by atoms with Crippen molar-refractivity contribution in [3.63, 3.8) is 0 Å². The molecule has 0 fully saturated rings. The SMILES string of the molecule is CNS(=O)(=O)c1cccc(-n2ccc3c[c]ccc32)c1. The summed E-state index contributed by atoms with van der Waals surface area (Å²) in [6.45, 7) is 0. The van der Waals surface area contributed by atoms with E-state index in [9.17, 15) is 8.42 Å². The number of sulfonamides is 1. The van der Waals surface area contributed by atoms with Crippen LogP contribution in [0.15, 0.2) is 59.6 Å². The van der Waals surface area contributed by atoms with E-state index in [1.807, 2.05) is 41.1 Å². The molecular weight excluding hydrogens is 272 g/mol. The van der Waals surface area contributed by atoms with Crippen molar-refractivity contribution in [1.82, 2.24) is 9.29 Å². The Bertz CT molecular complexity index is 866. The molecule has 1 heterocycles. The molecule has 101 valence electrons. The van der Waals surface area contributed by atoms with Gasteiger partial charge in [-0.1, -0.05) is 12.1 Å². The average molecular weight is 285 g/mol. The zero-order valence-corrected chi connectivity index (χ0v) is 11.7. The normalized spacial score (nSPS) is 11.8. The number of benzene rings is 2. The van der Waals surface area contributed by atoms with Gasteiger partial charge in [-0.3, -0.25) is 0 Å². The zero-order chi connectivity index (χ0) is 14.2. The van der Waals surface area contributed by atoms with Crippen molar-refractivity contribution >= 4 is 20.9 Å². The molecule has 3 rings (SSSR count). The van der Waals surface area contributed by atoms with Crippen LogP contribution in [0.5, 0.6) is 0 Å². The van der Waals surface area contributed by atoms with Gasteiger partial charge in [-0.25, -0.2) is 13.1 Å². The van der Waals surface area contributed by atoms with E-state index in [2.05, 4.69) is 10.8 Å². The number of hydrogen-bond donors (Lipinski definition) is 1. The van der Waals surface area contributed by atoms with Crippen LogP contribution in [0.2, 0.25) is 0 Å². The number of rotatable bonds is 3. The standard InChI is InChI=1S/C15H13N2O2S/c1-16-20(18,19)14-7-4-6-13(11-14)17-10-9-12-5-2-3-8-15(12)17/h3-11,16H,1H3. The fourth-order valence-electron chi connectivity index (χ4n) is 2.17. The monoisotopic (exact) mass is 285 g/mol. The molecule has 1 radical (unpaired) electrons. The zero-order valence-electron chi connectivity index (χ0n) is 10.9. The van der Waals surface area contributed by atoms with Crippen LogP contribution < -0.4 is 4.72 Å². The van der Waals surface area contributed by atoms with Crippen molar-refractivity contribution in [2.75, 3.05) is 7.05 Å². The average Bonchev–Trinajstić information content (AvgIpc) is 2.91. The molecule has 0 saturated carbocycles. The van der Waals surface area contributed by atoms with Crippen molar-refractivity contribution < 1.29 is 8.42 Å². The first-order valence-electron chi connectivity index (χ1n) is 6.13. The number of nitrogens with zero attached hydrogens (tertiary/aromatic N) is 1. The Labute approximate surface area is 117 Å². The maximum atomic E-state index is 11.9. The molecule has 0 unspecified atom stereocenters.